The number of carbonyl (C=O) groups excluding carboxylic acids is 1. The predicted octanol–water partition coefficient (Wildman–Crippen LogP) is 1.72. The van der Waals surface area contributed by atoms with E-state index in [-0.39, 0.29) is 35.2 Å². The van der Waals surface area contributed by atoms with Gasteiger partial charge >= 0.3 is 0 Å². The fourth-order valence-corrected chi connectivity index (χ4v) is 2.88. The van der Waals surface area contributed by atoms with Gasteiger partial charge in [0.05, 0.1) is 10.9 Å². The van der Waals surface area contributed by atoms with Crippen molar-refractivity contribution < 1.29 is 13.2 Å². The maximum absolute atomic E-state index is 12.0. The molecule has 1 aromatic rings. The summed E-state index contributed by atoms with van der Waals surface area (Å²) < 4.78 is 26.4. The van der Waals surface area contributed by atoms with E-state index in [0.717, 1.165) is 0 Å². The van der Waals surface area contributed by atoms with Crippen LogP contribution < -0.4 is 15.8 Å². The van der Waals surface area contributed by atoms with Crippen molar-refractivity contribution in [2.75, 3.05) is 5.32 Å². The lowest BCUT2D eigenvalue weighted by Gasteiger charge is -2.15. The minimum atomic E-state index is -3.52. The van der Waals surface area contributed by atoms with Crippen molar-refractivity contribution in [3.8, 4) is 0 Å². The van der Waals surface area contributed by atoms with Gasteiger partial charge in [-0.1, -0.05) is 13.8 Å². The van der Waals surface area contributed by atoms with Crippen LogP contribution in [0.5, 0.6) is 0 Å². The van der Waals surface area contributed by atoms with Crippen LogP contribution in [0.1, 0.15) is 27.7 Å². The molecule has 0 radical (unpaired) electrons. The normalized spacial score (nSPS) is 12.9. The van der Waals surface area contributed by atoms with Crippen LogP contribution in [0, 0.1) is 5.92 Å². The van der Waals surface area contributed by atoms with Gasteiger partial charge < -0.3 is 11.1 Å². The summed E-state index contributed by atoms with van der Waals surface area (Å²) in [6.45, 7) is 7.22. The molecule has 0 heterocycles. The lowest BCUT2D eigenvalue weighted by Crippen LogP contribution is -2.39. The molecule has 0 aliphatic carbocycles. The SMILES string of the molecule is CC(C)NS(=O)(=O)c1ccc(NC(=O)[C@H](N)C(C)C)cc1.Cl. The third-order valence-corrected chi connectivity index (χ3v) is 4.52. The standard InChI is InChI=1S/C14H23N3O3S.ClH/c1-9(2)13(15)14(18)16-11-5-7-12(8-6-11)21(19,20)17-10(3)4;/h5-10,13,17H,15H2,1-4H3,(H,16,18);1H/t13-;/m1./s1. The molecular weight excluding hydrogens is 326 g/mol. The Balaban J connectivity index is 0.00000441. The molecular formula is C14H24ClN3O3S. The third kappa shape index (κ3) is 5.92. The number of hydrogen-bond acceptors (Lipinski definition) is 4. The Morgan fingerprint density at radius 3 is 2.00 bits per heavy atom. The number of amides is 1. The number of benzene rings is 1. The summed E-state index contributed by atoms with van der Waals surface area (Å²) in [5, 5.41) is 2.66. The van der Waals surface area contributed by atoms with Gasteiger partial charge in [0, 0.05) is 11.7 Å². The zero-order valence-electron chi connectivity index (χ0n) is 13.2. The first-order chi connectivity index (χ1) is 9.63. The molecule has 0 unspecified atom stereocenters. The Morgan fingerprint density at radius 2 is 1.59 bits per heavy atom. The van der Waals surface area contributed by atoms with Crippen molar-refractivity contribution >= 4 is 34.0 Å². The van der Waals surface area contributed by atoms with Crippen LogP contribution >= 0.6 is 12.4 Å². The van der Waals surface area contributed by atoms with Gasteiger partial charge in [0.15, 0.2) is 0 Å². The van der Waals surface area contributed by atoms with E-state index >= 15 is 0 Å². The summed E-state index contributed by atoms with van der Waals surface area (Å²) in [7, 11) is -3.52. The highest BCUT2D eigenvalue weighted by Gasteiger charge is 2.18. The molecule has 0 aliphatic rings. The second kappa shape index (κ2) is 8.47. The lowest BCUT2D eigenvalue weighted by atomic mass is 10.1. The van der Waals surface area contributed by atoms with Crippen molar-refractivity contribution in [2.24, 2.45) is 11.7 Å². The summed E-state index contributed by atoms with van der Waals surface area (Å²) in [5.41, 5.74) is 6.26. The van der Waals surface area contributed by atoms with E-state index in [0.29, 0.717) is 5.69 Å². The fourth-order valence-electron chi connectivity index (χ4n) is 1.62. The van der Waals surface area contributed by atoms with E-state index in [9.17, 15) is 13.2 Å². The molecule has 1 aromatic carbocycles. The Kier molecular flexibility index (Phi) is 8.03. The van der Waals surface area contributed by atoms with Gasteiger partial charge in [-0.3, -0.25) is 4.79 Å². The lowest BCUT2D eigenvalue weighted by molar-refractivity contribution is -0.118. The monoisotopic (exact) mass is 349 g/mol. The van der Waals surface area contributed by atoms with Gasteiger partial charge in [-0.25, -0.2) is 13.1 Å². The van der Waals surface area contributed by atoms with Crippen molar-refractivity contribution in [1.82, 2.24) is 4.72 Å². The second-order valence-electron chi connectivity index (χ2n) is 5.56. The number of nitrogens with two attached hydrogens (primary N) is 1. The number of anilines is 1. The van der Waals surface area contributed by atoms with Crippen LogP contribution in [0.25, 0.3) is 0 Å². The van der Waals surface area contributed by atoms with Gasteiger partial charge in [0.1, 0.15) is 0 Å². The number of halogens is 1. The number of rotatable bonds is 6. The minimum Gasteiger partial charge on any atom is -0.325 e. The Bertz CT molecular complexity index is 586. The van der Waals surface area contributed by atoms with E-state index in [2.05, 4.69) is 10.0 Å². The molecule has 126 valence electrons. The smallest absolute Gasteiger partial charge is 0.241 e. The van der Waals surface area contributed by atoms with E-state index < -0.39 is 16.1 Å². The molecule has 1 amide bonds. The van der Waals surface area contributed by atoms with Crippen molar-refractivity contribution in [3.05, 3.63) is 24.3 Å². The molecule has 0 saturated carbocycles. The van der Waals surface area contributed by atoms with Crippen LogP contribution in [0.3, 0.4) is 0 Å². The van der Waals surface area contributed by atoms with Gasteiger partial charge in [0.2, 0.25) is 15.9 Å². The van der Waals surface area contributed by atoms with Crippen molar-refractivity contribution in [1.29, 1.82) is 0 Å². The van der Waals surface area contributed by atoms with Gasteiger partial charge in [-0.15, -0.1) is 12.4 Å². The highest BCUT2D eigenvalue weighted by molar-refractivity contribution is 7.89. The molecule has 1 atom stereocenters. The first kappa shape index (κ1) is 20.9. The molecule has 0 bridgehead atoms. The molecule has 8 heteroatoms. The van der Waals surface area contributed by atoms with Crippen LogP contribution in [-0.2, 0) is 14.8 Å². The Morgan fingerprint density at radius 1 is 1.09 bits per heavy atom. The van der Waals surface area contributed by atoms with Crippen molar-refractivity contribution in [3.63, 3.8) is 0 Å². The summed E-state index contributed by atoms with van der Waals surface area (Å²) >= 11 is 0. The quantitative estimate of drug-likeness (QED) is 0.727. The highest BCUT2D eigenvalue weighted by Crippen LogP contribution is 2.15. The van der Waals surface area contributed by atoms with Gasteiger partial charge in [-0.2, -0.15) is 0 Å². The minimum absolute atomic E-state index is 0. The molecule has 0 fully saturated rings. The molecule has 1 rings (SSSR count). The van der Waals surface area contributed by atoms with Crippen LogP contribution in [0.2, 0.25) is 0 Å². The average Bonchev–Trinajstić information content (AvgIpc) is 2.36. The fraction of sp³-hybridized carbons (Fsp3) is 0.500. The zero-order chi connectivity index (χ0) is 16.2. The number of hydrogen-bond donors (Lipinski definition) is 3. The Labute approximate surface area is 138 Å². The van der Waals surface area contributed by atoms with Crippen LogP contribution in [0.4, 0.5) is 5.69 Å². The van der Waals surface area contributed by atoms with E-state index in [4.69, 9.17) is 5.73 Å². The van der Waals surface area contributed by atoms with E-state index in [1.165, 1.54) is 12.1 Å². The maximum atomic E-state index is 12.0. The maximum Gasteiger partial charge on any atom is 0.241 e. The number of carbonyl (C=O) groups is 1. The van der Waals surface area contributed by atoms with E-state index in [1.54, 1.807) is 26.0 Å². The zero-order valence-corrected chi connectivity index (χ0v) is 14.8. The van der Waals surface area contributed by atoms with Crippen LogP contribution in [-0.4, -0.2) is 26.4 Å². The molecule has 6 nitrogen and oxygen atoms in total. The first-order valence-corrected chi connectivity index (χ1v) is 8.30. The largest absolute Gasteiger partial charge is 0.325 e. The molecule has 4 N–H and O–H groups in total. The van der Waals surface area contributed by atoms with Gasteiger partial charge in [-0.05, 0) is 44.0 Å². The summed E-state index contributed by atoms with van der Waals surface area (Å²) in [6, 6.07) is 5.19. The predicted molar refractivity (Wildman–Crippen MR) is 90.6 cm³/mol. The third-order valence-electron chi connectivity index (χ3n) is 2.84. The molecule has 0 saturated heterocycles. The second-order valence-corrected chi connectivity index (χ2v) is 7.27. The summed E-state index contributed by atoms with van der Waals surface area (Å²) in [6.07, 6.45) is 0. The van der Waals surface area contributed by atoms with Crippen LogP contribution in [0.15, 0.2) is 29.2 Å². The summed E-state index contributed by atoms with van der Waals surface area (Å²) in [4.78, 5) is 12.0. The topological polar surface area (TPSA) is 101 Å². The van der Waals surface area contributed by atoms with Crippen molar-refractivity contribution in [2.45, 2.75) is 44.7 Å². The molecule has 0 aliphatic heterocycles. The molecule has 22 heavy (non-hydrogen) atoms. The number of sulfonamides is 1. The molecule has 0 aromatic heterocycles. The molecule has 0 spiro atoms. The summed E-state index contributed by atoms with van der Waals surface area (Å²) in [5.74, 6) is -0.263. The van der Waals surface area contributed by atoms with Gasteiger partial charge in [0.25, 0.3) is 0 Å². The highest BCUT2D eigenvalue weighted by atomic mass is 35.5. The Hall–Kier alpha value is -1.15. The number of nitrogens with one attached hydrogen (secondary N) is 2. The average molecular weight is 350 g/mol. The first-order valence-electron chi connectivity index (χ1n) is 6.82. The van der Waals surface area contributed by atoms with E-state index in [1.807, 2.05) is 13.8 Å².